The van der Waals surface area contributed by atoms with Crippen molar-refractivity contribution < 1.29 is 23.5 Å². The number of hydrogen-bond acceptors (Lipinski definition) is 5. The van der Waals surface area contributed by atoms with E-state index in [1.165, 1.54) is 6.20 Å². The first-order valence-electron chi connectivity index (χ1n) is 5.05. The molecule has 7 nitrogen and oxygen atoms in total. The fraction of sp³-hybridized carbons (Fsp3) is 0. The largest absolute Gasteiger partial charge is 0.478 e. The standard InChI is InChI=1S/C10H6F2N4O3S/c11-5-2-6(12)7(1-4(5)9(17)18)14-10(19)15-8-3-13-16-20-8/h1-3H,(H,17,18)(H2,14,15,19). The minimum absolute atomic E-state index is 0.309. The van der Waals surface area contributed by atoms with Crippen LogP contribution in [0, 0.1) is 11.6 Å². The van der Waals surface area contributed by atoms with Gasteiger partial charge in [-0.3, -0.25) is 5.32 Å². The lowest BCUT2D eigenvalue weighted by Gasteiger charge is -2.08. The van der Waals surface area contributed by atoms with Crippen LogP contribution in [0.2, 0.25) is 0 Å². The third kappa shape index (κ3) is 3.03. The van der Waals surface area contributed by atoms with E-state index in [1.54, 1.807) is 0 Å². The van der Waals surface area contributed by atoms with Crippen molar-refractivity contribution in [2.24, 2.45) is 0 Å². The van der Waals surface area contributed by atoms with Gasteiger partial charge in [-0.15, -0.1) is 5.10 Å². The van der Waals surface area contributed by atoms with Crippen LogP contribution in [0.3, 0.4) is 0 Å². The Kier molecular flexibility index (Phi) is 3.84. The van der Waals surface area contributed by atoms with Gasteiger partial charge < -0.3 is 10.4 Å². The lowest BCUT2D eigenvalue weighted by molar-refractivity contribution is 0.0692. The minimum Gasteiger partial charge on any atom is -0.478 e. The van der Waals surface area contributed by atoms with E-state index in [-0.39, 0.29) is 0 Å². The van der Waals surface area contributed by atoms with Gasteiger partial charge >= 0.3 is 12.0 Å². The molecule has 0 saturated carbocycles. The summed E-state index contributed by atoms with van der Waals surface area (Å²) in [7, 11) is 0. The van der Waals surface area contributed by atoms with Gasteiger partial charge in [-0.2, -0.15) is 0 Å². The van der Waals surface area contributed by atoms with Crippen molar-refractivity contribution >= 4 is 34.2 Å². The van der Waals surface area contributed by atoms with Crippen LogP contribution in [0.5, 0.6) is 0 Å². The Morgan fingerprint density at radius 1 is 1.20 bits per heavy atom. The van der Waals surface area contributed by atoms with Gasteiger partial charge in [-0.1, -0.05) is 4.49 Å². The summed E-state index contributed by atoms with van der Waals surface area (Å²) in [4.78, 5) is 22.2. The van der Waals surface area contributed by atoms with Crippen LogP contribution in [0.25, 0.3) is 0 Å². The van der Waals surface area contributed by atoms with Gasteiger partial charge in [0.1, 0.15) is 16.6 Å². The topological polar surface area (TPSA) is 104 Å². The number of carboxylic acid groups (broad SMARTS) is 1. The summed E-state index contributed by atoms with van der Waals surface area (Å²) < 4.78 is 30.1. The summed E-state index contributed by atoms with van der Waals surface area (Å²) in [6.07, 6.45) is 1.27. The summed E-state index contributed by atoms with van der Waals surface area (Å²) >= 11 is 0.896. The fourth-order valence-electron chi connectivity index (χ4n) is 1.30. The zero-order chi connectivity index (χ0) is 14.7. The van der Waals surface area contributed by atoms with E-state index < -0.39 is 34.9 Å². The molecule has 1 aromatic heterocycles. The highest BCUT2D eigenvalue weighted by atomic mass is 32.1. The second-order valence-corrected chi connectivity index (χ2v) is 4.26. The number of anilines is 2. The van der Waals surface area contributed by atoms with Crippen LogP contribution in [0.1, 0.15) is 10.4 Å². The molecule has 3 N–H and O–H groups in total. The number of amides is 2. The van der Waals surface area contributed by atoms with E-state index in [0.29, 0.717) is 17.1 Å². The molecule has 0 radical (unpaired) electrons. The number of nitrogens with one attached hydrogen (secondary N) is 2. The maximum Gasteiger partial charge on any atom is 0.338 e. The Labute approximate surface area is 114 Å². The SMILES string of the molecule is O=C(Nc1cnns1)Nc1cc(C(=O)O)c(F)cc1F. The van der Waals surface area contributed by atoms with Gasteiger partial charge in [-0.25, -0.2) is 18.4 Å². The molecule has 0 aliphatic heterocycles. The first-order chi connectivity index (χ1) is 9.47. The number of carbonyl (C=O) groups is 2. The van der Waals surface area contributed by atoms with Gasteiger partial charge in [0.15, 0.2) is 0 Å². The molecule has 0 aliphatic rings. The lowest BCUT2D eigenvalue weighted by Crippen LogP contribution is -2.20. The van der Waals surface area contributed by atoms with Crippen molar-refractivity contribution in [3.8, 4) is 0 Å². The first kappa shape index (κ1) is 13.8. The number of carboxylic acids is 1. The normalized spacial score (nSPS) is 10.1. The number of benzene rings is 1. The third-order valence-corrected chi connectivity index (χ3v) is 2.71. The van der Waals surface area contributed by atoms with Crippen LogP contribution in [-0.4, -0.2) is 26.7 Å². The molecule has 2 aromatic rings. The van der Waals surface area contributed by atoms with Gasteiger partial charge in [0.2, 0.25) is 0 Å². The molecule has 10 heteroatoms. The number of urea groups is 1. The molecule has 2 rings (SSSR count). The van der Waals surface area contributed by atoms with E-state index in [0.717, 1.165) is 11.5 Å². The van der Waals surface area contributed by atoms with Gasteiger partial charge in [0, 0.05) is 17.6 Å². The Morgan fingerprint density at radius 3 is 2.55 bits per heavy atom. The highest BCUT2D eigenvalue weighted by Crippen LogP contribution is 2.20. The maximum atomic E-state index is 13.4. The second kappa shape index (κ2) is 5.57. The van der Waals surface area contributed by atoms with Crippen LogP contribution in [-0.2, 0) is 0 Å². The number of halogens is 2. The second-order valence-electron chi connectivity index (χ2n) is 3.48. The molecular formula is C10H6F2N4O3S. The molecular weight excluding hydrogens is 294 g/mol. The number of aromatic carboxylic acids is 1. The summed E-state index contributed by atoms with van der Waals surface area (Å²) in [5.74, 6) is -3.89. The van der Waals surface area contributed by atoms with Crippen LogP contribution >= 0.6 is 11.5 Å². The van der Waals surface area contributed by atoms with Crippen molar-refractivity contribution in [2.45, 2.75) is 0 Å². The molecule has 0 unspecified atom stereocenters. The number of nitrogens with zero attached hydrogens (tertiary/aromatic N) is 2. The fourth-order valence-corrected chi connectivity index (χ4v) is 1.71. The molecule has 1 heterocycles. The predicted octanol–water partition coefficient (Wildman–Crippen LogP) is 2.16. The van der Waals surface area contributed by atoms with Crippen molar-refractivity contribution in [2.75, 3.05) is 10.6 Å². The Bertz CT molecular complexity index is 663. The molecule has 0 fully saturated rings. The lowest BCUT2D eigenvalue weighted by atomic mass is 10.2. The van der Waals surface area contributed by atoms with Crippen LogP contribution in [0.15, 0.2) is 18.3 Å². The highest BCUT2D eigenvalue weighted by Gasteiger charge is 2.16. The number of rotatable bonds is 3. The van der Waals surface area contributed by atoms with Crippen molar-refractivity contribution in [3.05, 3.63) is 35.5 Å². The average molecular weight is 300 g/mol. The van der Waals surface area contributed by atoms with Crippen molar-refractivity contribution in [3.63, 3.8) is 0 Å². The number of aromatic nitrogens is 2. The molecule has 0 aliphatic carbocycles. The molecule has 20 heavy (non-hydrogen) atoms. The molecule has 0 spiro atoms. The Morgan fingerprint density at radius 2 is 1.95 bits per heavy atom. The quantitative estimate of drug-likeness (QED) is 0.805. The van der Waals surface area contributed by atoms with Gasteiger partial charge in [0.25, 0.3) is 0 Å². The van der Waals surface area contributed by atoms with Crippen molar-refractivity contribution in [1.82, 2.24) is 9.59 Å². The molecule has 104 valence electrons. The Balaban J connectivity index is 2.18. The van der Waals surface area contributed by atoms with Crippen LogP contribution in [0.4, 0.5) is 24.3 Å². The maximum absolute atomic E-state index is 13.4. The van der Waals surface area contributed by atoms with E-state index >= 15 is 0 Å². The van der Waals surface area contributed by atoms with E-state index in [2.05, 4.69) is 20.2 Å². The molecule has 2 amide bonds. The summed E-state index contributed by atoms with van der Waals surface area (Å²) in [6.45, 7) is 0. The average Bonchev–Trinajstić information content (AvgIpc) is 2.84. The van der Waals surface area contributed by atoms with Crippen LogP contribution < -0.4 is 10.6 Å². The predicted molar refractivity (Wildman–Crippen MR) is 65.9 cm³/mol. The smallest absolute Gasteiger partial charge is 0.338 e. The summed E-state index contributed by atoms with van der Waals surface area (Å²) in [5.41, 5.74) is -1.21. The zero-order valence-corrected chi connectivity index (χ0v) is 10.4. The van der Waals surface area contributed by atoms with Crippen molar-refractivity contribution in [1.29, 1.82) is 0 Å². The number of carbonyl (C=O) groups excluding carboxylic acids is 1. The summed E-state index contributed by atoms with van der Waals surface area (Å²) in [6, 6.07) is 0.239. The van der Waals surface area contributed by atoms with Gasteiger partial charge in [0.05, 0.1) is 17.4 Å². The van der Waals surface area contributed by atoms with E-state index in [9.17, 15) is 18.4 Å². The van der Waals surface area contributed by atoms with Gasteiger partial charge in [-0.05, 0) is 6.07 Å². The molecule has 0 bridgehead atoms. The Hall–Kier alpha value is -2.62. The zero-order valence-electron chi connectivity index (χ0n) is 9.55. The molecule has 0 saturated heterocycles. The van der Waals surface area contributed by atoms with E-state index in [1.807, 2.05) is 0 Å². The third-order valence-electron chi connectivity index (χ3n) is 2.13. The minimum atomic E-state index is -1.57. The molecule has 0 atom stereocenters. The first-order valence-corrected chi connectivity index (χ1v) is 5.82. The molecule has 1 aromatic carbocycles. The summed E-state index contributed by atoms with van der Waals surface area (Å²) in [5, 5.41) is 16.9. The van der Waals surface area contributed by atoms with E-state index in [4.69, 9.17) is 5.11 Å². The highest BCUT2D eigenvalue weighted by molar-refractivity contribution is 7.10. The monoisotopic (exact) mass is 300 g/mol. The number of hydrogen-bond donors (Lipinski definition) is 3.